The van der Waals surface area contributed by atoms with Gasteiger partial charge in [-0.2, -0.15) is 0 Å². The smallest absolute Gasteiger partial charge is 0.0191 e. The van der Waals surface area contributed by atoms with Gasteiger partial charge in [0.25, 0.3) is 0 Å². The van der Waals surface area contributed by atoms with Crippen LogP contribution < -0.4 is 5.32 Å². The quantitative estimate of drug-likeness (QED) is 0.824. The molecule has 0 aromatic heterocycles. The van der Waals surface area contributed by atoms with Gasteiger partial charge in [-0.05, 0) is 24.7 Å². The fourth-order valence-corrected chi connectivity index (χ4v) is 2.73. The topological polar surface area (TPSA) is 12.0 Å². The Labute approximate surface area is 98.8 Å². The molecule has 1 atom stereocenters. The molecule has 1 rings (SSSR count). The lowest BCUT2D eigenvalue weighted by Crippen LogP contribution is -2.21. The number of nitrogens with one attached hydrogen (secondary N) is 1. The Bertz CT molecular complexity index is 278. The maximum Gasteiger partial charge on any atom is 0.0191 e. The van der Waals surface area contributed by atoms with Crippen LogP contribution in [0.1, 0.15) is 13.8 Å². The highest BCUT2D eigenvalue weighted by Crippen LogP contribution is 2.25. The van der Waals surface area contributed by atoms with Crippen LogP contribution in [0.25, 0.3) is 0 Å². The van der Waals surface area contributed by atoms with E-state index < -0.39 is 0 Å². The fraction of sp³-hybridized carbons (Fsp3) is 0.455. The Morgan fingerprint density at radius 1 is 1.50 bits per heavy atom. The highest BCUT2D eigenvalue weighted by Gasteiger charge is 2.03. The highest BCUT2D eigenvalue weighted by atomic mass is 79.9. The average molecular weight is 274 g/mol. The van der Waals surface area contributed by atoms with Crippen molar-refractivity contribution in [1.29, 1.82) is 0 Å². The van der Waals surface area contributed by atoms with Crippen LogP contribution in [0.15, 0.2) is 33.6 Å². The zero-order chi connectivity index (χ0) is 10.4. The van der Waals surface area contributed by atoms with Crippen molar-refractivity contribution in [3.8, 4) is 0 Å². The molecule has 0 aliphatic rings. The molecule has 0 aliphatic carbocycles. The third-order valence-electron chi connectivity index (χ3n) is 1.82. The lowest BCUT2D eigenvalue weighted by Gasteiger charge is -2.11. The van der Waals surface area contributed by atoms with E-state index in [4.69, 9.17) is 0 Å². The van der Waals surface area contributed by atoms with Crippen molar-refractivity contribution in [3.05, 3.63) is 28.7 Å². The second kappa shape index (κ2) is 6.49. The Kier molecular flexibility index (Phi) is 5.60. The molecule has 1 aromatic carbocycles. The molecule has 3 heteroatoms. The largest absolute Gasteiger partial charge is 0.316 e. The van der Waals surface area contributed by atoms with Crippen molar-refractivity contribution in [2.45, 2.75) is 24.0 Å². The van der Waals surface area contributed by atoms with Gasteiger partial charge in [0, 0.05) is 21.2 Å². The van der Waals surface area contributed by atoms with Gasteiger partial charge in [-0.1, -0.05) is 35.8 Å². The lowest BCUT2D eigenvalue weighted by atomic mass is 10.4. The first-order chi connectivity index (χ1) is 6.72. The summed E-state index contributed by atoms with van der Waals surface area (Å²) in [6.07, 6.45) is 0. The number of hydrogen-bond acceptors (Lipinski definition) is 2. The van der Waals surface area contributed by atoms with E-state index in [-0.39, 0.29) is 0 Å². The van der Waals surface area contributed by atoms with Crippen molar-refractivity contribution in [2.24, 2.45) is 0 Å². The summed E-state index contributed by atoms with van der Waals surface area (Å²) in [4.78, 5) is 1.32. The predicted molar refractivity (Wildman–Crippen MR) is 68.0 cm³/mol. The normalized spacial score (nSPS) is 12.8. The third kappa shape index (κ3) is 4.49. The van der Waals surface area contributed by atoms with Gasteiger partial charge in [0.1, 0.15) is 0 Å². The zero-order valence-corrected chi connectivity index (χ0v) is 11.0. The summed E-state index contributed by atoms with van der Waals surface area (Å²) in [6, 6.07) is 8.44. The summed E-state index contributed by atoms with van der Waals surface area (Å²) >= 11 is 5.38. The number of hydrogen-bond donors (Lipinski definition) is 1. The van der Waals surface area contributed by atoms with Crippen molar-refractivity contribution >= 4 is 27.7 Å². The van der Waals surface area contributed by atoms with E-state index in [1.807, 2.05) is 11.8 Å². The van der Waals surface area contributed by atoms with E-state index in [2.05, 4.69) is 59.4 Å². The third-order valence-corrected chi connectivity index (χ3v) is 3.40. The molecule has 14 heavy (non-hydrogen) atoms. The van der Waals surface area contributed by atoms with Crippen LogP contribution in [-0.2, 0) is 0 Å². The fourth-order valence-electron chi connectivity index (χ4n) is 1.16. The number of thioether (sulfide) groups is 1. The van der Waals surface area contributed by atoms with Crippen molar-refractivity contribution in [3.63, 3.8) is 0 Å². The molecule has 0 saturated heterocycles. The number of benzene rings is 1. The highest BCUT2D eigenvalue weighted by molar-refractivity contribution is 9.10. The Balaban J connectivity index is 2.43. The molecular weight excluding hydrogens is 258 g/mol. The molecule has 0 bridgehead atoms. The zero-order valence-electron chi connectivity index (χ0n) is 8.59. The van der Waals surface area contributed by atoms with Crippen LogP contribution in [0.3, 0.4) is 0 Å². The van der Waals surface area contributed by atoms with Crippen LogP contribution in [0, 0.1) is 0 Å². The minimum Gasteiger partial charge on any atom is -0.316 e. The first-order valence-corrected chi connectivity index (χ1v) is 6.52. The van der Waals surface area contributed by atoms with Crippen molar-refractivity contribution in [1.82, 2.24) is 5.32 Å². The molecule has 1 unspecified atom stereocenters. The molecule has 0 radical (unpaired) electrons. The minimum atomic E-state index is 0.615. The molecule has 1 N–H and O–H groups in total. The molecular formula is C11H16BrNS. The maximum atomic E-state index is 3.48. The molecule has 1 nitrogen and oxygen atoms in total. The van der Waals surface area contributed by atoms with E-state index in [9.17, 15) is 0 Å². The molecule has 0 saturated carbocycles. The summed E-state index contributed by atoms with van der Waals surface area (Å²) in [5.41, 5.74) is 0. The Morgan fingerprint density at radius 2 is 2.29 bits per heavy atom. The summed E-state index contributed by atoms with van der Waals surface area (Å²) in [5.74, 6) is 0. The van der Waals surface area contributed by atoms with Gasteiger partial charge >= 0.3 is 0 Å². The van der Waals surface area contributed by atoms with Crippen molar-refractivity contribution in [2.75, 3.05) is 13.1 Å². The average Bonchev–Trinajstić information content (AvgIpc) is 2.15. The first kappa shape index (κ1) is 12.1. The maximum absolute atomic E-state index is 3.48. The second-order valence-electron chi connectivity index (χ2n) is 3.19. The van der Waals surface area contributed by atoms with Crippen LogP contribution in [-0.4, -0.2) is 18.3 Å². The van der Waals surface area contributed by atoms with E-state index >= 15 is 0 Å². The summed E-state index contributed by atoms with van der Waals surface area (Å²) in [6.45, 7) is 6.49. The van der Waals surface area contributed by atoms with Crippen molar-refractivity contribution < 1.29 is 0 Å². The van der Waals surface area contributed by atoms with E-state index in [0.717, 1.165) is 17.6 Å². The van der Waals surface area contributed by atoms with Crippen LogP contribution in [0.5, 0.6) is 0 Å². The summed E-state index contributed by atoms with van der Waals surface area (Å²) in [5, 5.41) is 3.97. The van der Waals surface area contributed by atoms with E-state index in [0.29, 0.717) is 5.25 Å². The number of rotatable bonds is 5. The van der Waals surface area contributed by atoms with E-state index in [1.54, 1.807) is 0 Å². The van der Waals surface area contributed by atoms with Crippen LogP contribution >= 0.6 is 27.7 Å². The van der Waals surface area contributed by atoms with Gasteiger partial charge < -0.3 is 5.32 Å². The Morgan fingerprint density at radius 3 is 2.93 bits per heavy atom. The second-order valence-corrected chi connectivity index (χ2v) is 5.62. The predicted octanol–water partition coefficient (Wildman–Crippen LogP) is 3.54. The summed E-state index contributed by atoms with van der Waals surface area (Å²) in [7, 11) is 0. The molecule has 1 aromatic rings. The van der Waals surface area contributed by atoms with Gasteiger partial charge in [0.05, 0.1) is 0 Å². The standard InChI is InChI=1S/C11H16BrNS/c1-3-13-8-9(2)14-11-6-4-5-10(12)7-11/h4-7,9,13H,3,8H2,1-2H3. The SMILES string of the molecule is CCNCC(C)Sc1cccc(Br)c1. The molecule has 0 spiro atoms. The van der Waals surface area contributed by atoms with Gasteiger partial charge in [0.15, 0.2) is 0 Å². The molecule has 0 aliphatic heterocycles. The molecule has 0 fully saturated rings. The molecule has 0 heterocycles. The lowest BCUT2D eigenvalue weighted by molar-refractivity contribution is 0.713. The summed E-state index contributed by atoms with van der Waals surface area (Å²) < 4.78 is 1.15. The Hall–Kier alpha value is 0.01000. The first-order valence-electron chi connectivity index (χ1n) is 4.85. The molecule has 78 valence electrons. The molecule has 0 amide bonds. The van der Waals surface area contributed by atoms with Gasteiger partial charge in [-0.25, -0.2) is 0 Å². The van der Waals surface area contributed by atoms with Gasteiger partial charge in [0.2, 0.25) is 0 Å². The van der Waals surface area contributed by atoms with Gasteiger partial charge in [-0.15, -0.1) is 11.8 Å². The minimum absolute atomic E-state index is 0.615. The monoisotopic (exact) mass is 273 g/mol. The van der Waals surface area contributed by atoms with Crippen LogP contribution in [0.4, 0.5) is 0 Å². The van der Waals surface area contributed by atoms with Crippen LogP contribution in [0.2, 0.25) is 0 Å². The van der Waals surface area contributed by atoms with Gasteiger partial charge in [-0.3, -0.25) is 0 Å². The van der Waals surface area contributed by atoms with E-state index in [1.165, 1.54) is 4.90 Å². The number of halogens is 1.